The van der Waals surface area contributed by atoms with Crippen LogP contribution in [0, 0.1) is 6.92 Å². The first-order chi connectivity index (χ1) is 8.73. The Kier molecular flexibility index (Phi) is 3.54. The fraction of sp³-hybridized carbons (Fsp3) is 0.571. The Morgan fingerprint density at radius 3 is 2.16 bits per heavy atom. The van der Waals surface area contributed by atoms with E-state index < -0.39 is 0 Å². The van der Waals surface area contributed by atoms with Crippen LogP contribution in [0.4, 0.5) is 0 Å². The zero-order chi connectivity index (χ0) is 14.3. The molecule has 1 aromatic rings. The molecule has 2 rings (SSSR count). The van der Waals surface area contributed by atoms with Gasteiger partial charge in [-0.25, -0.2) is 0 Å². The molecule has 0 aromatic carbocycles. The normalized spacial score (nSPS) is 21.8. The van der Waals surface area contributed by atoms with Gasteiger partial charge in [-0.05, 0) is 53.1 Å². The van der Waals surface area contributed by atoms with Gasteiger partial charge in [-0.2, -0.15) is 0 Å². The number of nitrogens with zero attached hydrogens (tertiary/aromatic N) is 2. The molecule has 0 spiro atoms. The van der Waals surface area contributed by atoms with Crippen LogP contribution < -0.4 is 0 Å². The molecule has 1 aromatic heterocycles. The van der Waals surface area contributed by atoms with Crippen LogP contribution in [0.3, 0.4) is 0 Å². The van der Waals surface area contributed by atoms with E-state index >= 15 is 0 Å². The molecule has 1 saturated heterocycles. The molecule has 4 nitrogen and oxygen atoms in total. The Hall–Kier alpha value is -1.20. The maximum atomic E-state index is 5.95. The third-order valence-electron chi connectivity index (χ3n) is 3.91. The second-order valence-corrected chi connectivity index (χ2v) is 5.96. The van der Waals surface area contributed by atoms with Gasteiger partial charge in [0.1, 0.15) is 0 Å². The summed E-state index contributed by atoms with van der Waals surface area (Å²) >= 11 is 0. The molecule has 5 heteroatoms. The molecule has 0 amide bonds. The SMILES string of the molecule is C/C(=C/B1OC(C)(C)C(C)(C)O1)c1nccnc1C. The average molecular weight is 260 g/mol. The largest absolute Gasteiger partial charge is 0.487 e. The van der Waals surface area contributed by atoms with Crippen molar-refractivity contribution in [1.82, 2.24) is 9.97 Å². The van der Waals surface area contributed by atoms with E-state index in [1.165, 1.54) is 0 Å². The van der Waals surface area contributed by atoms with E-state index in [-0.39, 0.29) is 18.3 Å². The summed E-state index contributed by atoms with van der Waals surface area (Å²) in [7, 11) is -0.341. The van der Waals surface area contributed by atoms with Gasteiger partial charge in [-0.3, -0.25) is 9.97 Å². The van der Waals surface area contributed by atoms with Gasteiger partial charge in [0.15, 0.2) is 0 Å². The number of rotatable bonds is 2. The predicted octanol–water partition coefficient (Wildman–Crippen LogP) is 2.82. The van der Waals surface area contributed by atoms with E-state index in [2.05, 4.69) is 9.97 Å². The van der Waals surface area contributed by atoms with Crippen LogP contribution in [0.5, 0.6) is 0 Å². The van der Waals surface area contributed by atoms with Crippen LogP contribution in [-0.2, 0) is 9.31 Å². The van der Waals surface area contributed by atoms with Crippen LogP contribution in [0.15, 0.2) is 18.4 Å². The number of aromatic nitrogens is 2. The lowest BCUT2D eigenvalue weighted by Crippen LogP contribution is -2.41. The summed E-state index contributed by atoms with van der Waals surface area (Å²) in [4.78, 5) is 8.60. The summed E-state index contributed by atoms with van der Waals surface area (Å²) in [5.74, 6) is 1.97. The fourth-order valence-electron chi connectivity index (χ4n) is 2.03. The number of aryl methyl sites for hydroxylation is 1. The number of allylic oxidation sites excluding steroid dienone is 1. The molecule has 0 N–H and O–H groups in total. The first-order valence-corrected chi connectivity index (χ1v) is 6.55. The summed E-state index contributed by atoms with van der Waals surface area (Å²) < 4.78 is 11.9. The van der Waals surface area contributed by atoms with Gasteiger partial charge in [0.25, 0.3) is 0 Å². The van der Waals surface area contributed by atoms with Crippen molar-refractivity contribution in [2.75, 3.05) is 0 Å². The summed E-state index contributed by atoms with van der Waals surface area (Å²) in [5, 5.41) is 0. The number of hydrogen-bond donors (Lipinski definition) is 0. The molecule has 2 heterocycles. The zero-order valence-electron chi connectivity index (χ0n) is 12.5. The van der Waals surface area contributed by atoms with Gasteiger partial charge < -0.3 is 9.31 Å². The molecular formula is C14H21BN2O2. The highest BCUT2D eigenvalue weighted by molar-refractivity contribution is 6.53. The maximum absolute atomic E-state index is 5.95. The Balaban J connectivity index is 2.22. The molecule has 0 unspecified atom stereocenters. The fourth-order valence-corrected chi connectivity index (χ4v) is 2.03. The molecule has 102 valence electrons. The highest BCUT2D eigenvalue weighted by atomic mass is 16.7. The molecule has 19 heavy (non-hydrogen) atoms. The Bertz CT molecular complexity index is 496. The molecular weight excluding hydrogens is 239 g/mol. The van der Waals surface area contributed by atoms with E-state index in [4.69, 9.17) is 9.31 Å². The predicted molar refractivity (Wildman–Crippen MR) is 76.5 cm³/mol. The van der Waals surface area contributed by atoms with Gasteiger partial charge in [0.05, 0.1) is 22.6 Å². The van der Waals surface area contributed by atoms with Crippen LogP contribution in [-0.4, -0.2) is 28.3 Å². The Labute approximate surface area is 115 Å². The van der Waals surface area contributed by atoms with E-state index in [1.807, 2.05) is 47.5 Å². The van der Waals surface area contributed by atoms with Gasteiger partial charge in [0.2, 0.25) is 0 Å². The van der Waals surface area contributed by atoms with Gasteiger partial charge in [0, 0.05) is 12.4 Å². The smallest absolute Gasteiger partial charge is 0.400 e. The highest BCUT2D eigenvalue weighted by Crippen LogP contribution is 2.37. The Morgan fingerprint density at radius 2 is 1.63 bits per heavy atom. The van der Waals surface area contributed by atoms with E-state index in [1.54, 1.807) is 12.4 Å². The van der Waals surface area contributed by atoms with Crippen molar-refractivity contribution in [3.8, 4) is 0 Å². The van der Waals surface area contributed by atoms with Gasteiger partial charge >= 0.3 is 7.12 Å². The van der Waals surface area contributed by atoms with E-state index in [0.717, 1.165) is 17.0 Å². The van der Waals surface area contributed by atoms with Crippen LogP contribution in [0.25, 0.3) is 5.57 Å². The molecule has 1 fully saturated rings. The molecule has 0 saturated carbocycles. The average Bonchev–Trinajstić information content (AvgIpc) is 2.47. The van der Waals surface area contributed by atoms with Gasteiger partial charge in [-0.1, -0.05) is 0 Å². The summed E-state index contributed by atoms with van der Waals surface area (Å²) in [6, 6.07) is 0. The van der Waals surface area contributed by atoms with E-state index in [9.17, 15) is 0 Å². The standard InChI is InChI=1S/C14H21BN2O2/c1-10(12-11(2)16-7-8-17-12)9-15-18-13(3,4)14(5,6)19-15/h7-9H,1-6H3/b10-9-. The third kappa shape index (κ3) is 2.72. The first kappa shape index (κ1) is 14.2. The van der Waals surface area contributed by atoms with Crippen molar-refractivity contribution >= 4 is 12.7 Å². The van der Waals surface area contributed by atoms with Crippen molar-refractivity contribution in [2.24, 2.45) is 0 Å². The van der Waals surface area contributed by atoms with Crippen molar-refractivity contribution in [2.45, 2.75) is 52.7 Å². The topological polar surface area (TPSA) is 44.2 Å². The van der Waals surface area contributed by atoms with Gasteiger partial charge in [-0.15, -0.1) is 0 Å². The second-order valence-electron chi connectivity index (χ2n) is 5.96. The highest BCUT2D eigenvalue weighted by Gasteiger charge is 2.50. The van der Waals surface area contributed by atoms with E-state index in [0.29, 0.717) is 0 Å². The molecule has 0 atom stereocenters. The van der Waals surface area contributed by atoms with Crippen LogP contribution in [0.1, 0.15) is 46.0 Å². The molecule has 0 bridgehead atoms. The summed E-state index contributed by atoms with van der Waals surface area (Å²) in [5.41, 5.74) is 2.19. The number of hydrogen-bond acceptors (Lipinski definition) is 4. The molecule has 1 aliphatic rings. The summed E-state index contributed by atoms with van der Waals surface area (Å²) in [6.45, 7) is 12.1. The van der Waals surface area contributed by atoms with Crippen molar-refractivity contribution in [1.29, 1.82) is 0 Å². The quantitative estimate of drug-likeness (QED) is 0.767. The third-order valence-corrected chi connectivity index (χ3v) is 3.91. The zero-order valence-corrected chi connectivity index (χ0v) is 12.5. The van der Waals surface area contributed by atoms with Crippen molar-refractivity contribution in [3.05, 3.63) is 29.8 Å². The lowest BCUT2D eigenvalue weighted by atomic mass is 9.86. The molecule has 1 aliphatic heterocycles. The molecule has 0 aliphatic carbocycles. The minimum absolute atomic E-state index is 0.314. The molecule has 0 radical (unpaired) electrons. The van der Waals surface area contributed by atoms with Crippen LogP contribution in [0.2, 0.25) is 0 Å². The summed E-state index contributed by atoms with van der Waals surface area (Å²) in [6.07, 6.45) is 3.39. The van der Waals surface area contributed by atoms with Crippen molar-refractivity contribution < 1.29 is 9.31 Å². The lowest BCUT2D eigenvalue weighted by Gasteiger charge is -2.32. The second kappa shape index (κ2) is 4.73. The first-order valence-electron chi connectivity index (χ1n) is 6.55. The minimum Gasteiger partial charge on any atom is -0.400 e. The Morgan fingerprint density at radius 1 is 1.11 bits per heavy atom. The lowest BCUT2D eigenvalue weighted by molar-refractivity contribution is 0.00578. The maximum Gasteiger partial charge on any atom is 0.487 e. The monoisotopic (exact) mass is 260 g/mol. The van der Waals surface area contributed by atoms with Crippen molar-refractivity contribution in [3.63, 3.8) is 0 Å². The minimum atomic E-state index is -0.341. The van der Waals surface area contributed by atoms with Crippen LogP contribution >= 0.6 is 0 Å².